The molecule has 41 heavy (non-hydrogen) atoms. The van der Waals surface area contributed by atoms with E-state index in [0.29, 0.717) is 12.0 Å². The first-order valence-electron chi connectivity index (χ1n) is 15.0. The Morgan fingerprint density at radius 1 is 0.683 bits per heavy atom. The van der Waals surface area contributed by atoms with Crippen molar-refractivity contribution in [3.05, 3.63) is 145 Å². The van der Waals surface area contributed by atoms with Gasteiger partial charge in [-0.05, 0) is 116 Å². The van der Waals surface area contributed by atoms with Crippen LogP contribution in [0.15, 0.2) is 139 Å². The summed E-state index contributed by atoms with van der Waals surface area (Å²) in [5.41, 5.74) is 11.2. The van der Waals surface area contributed by atoms with Crippen molar-refractivity contribution in [3.63, 3.8) is 0 Å². The summed E-state index contributed by atoms with van der Waals surface area (Å²) in [6.07, 6.45) is 12.4. The predicted octanol–water partition coefficient (Wildman–Crippen LogP) is 10.9. The van der Waals surface area contributed by atoms with E-state index in [1.807, 2.05) is 0 Å². The van der Waals surface area contributed by atoms with Crippen molar-refractivity contribution in [1.82, 2.24) is 0 Å². The number of allylic oxidation sites excluding steroid dienone is 4. The number of benzene rings is 4. The fourth-order valence-corrected chi connectivity index (χ4v) is 6.42. The Morgan fingerprint density at radius 3 is 1.98 bits per heavy atom. The number of anilines is 4. The van der Waals surface area contributed by atoms with E-state index in [4.69, 9.17) is 0 Å². The zero-order valence-electron chi connectivity index (χ0n) is 24.3. The molecule has 0 fully saturated rings. The van der Waals surface area contributed by atoms with Gasteiger partial charge in [0.1, 0.15) is 0 Å². The Morgan fingerprint density at radius 2 is 1.34 bits per heavy atom. The molecule has 0 heterocycles. The molecule has 0 aliphatic heterocycles. The minimum Gasteiger partial charge on any atom is -0.338 e. The van der Waals surface area contributed by atoms with E-state index in [0.717, 1.165) is 25.7 Å². The molecule has 0 N–H and O–H groups in total. The summed E-state index contributed by atoms with van der Waals surface area (Å²) in [5, 5.41) is 0. The van der Waals surface area contributed by atoms with Gasteiger partial charge in [-0.15, -0.1) is 0 Å². The fraction of sp³-hybridized carbons (Fsp3) is 0.231. The first-order valence-corrected chi connectivity index (χ1v) is 15.0. The Kier molecular flexibility index (Phi) is 7.91. The molecule has 0 aromatic heterocycles. The topological polar surface area (TPSA) is 6.48 Å². The molecule has 2 nitrogen and oxygen atoms in total. The lowest BCUT2D eigenvalue weighted by Crippen LogP contribution is -2.31. The van der Waals surface area contributed by atoms with Crippen LogP contribution in [0.4, 0.5) is 22.7 Å². The Hall–Kier alpha value is -4.30. The summed E-state index contributed by atoms with van der Waals surface area (Å²) in [6.45, 7) is 8.80. The first-order chi connectivity index (χ1) is 20.0. The molecule has 2 unspecified atom stereocenters. The van der Waals surface area contributed by atoms with Crippen LogP contribution in [0.2, 0.25) is 0 Å². The zero-order chi connectivity index (χ0) is 28.2. The van der Waals surface area contributed by atoms with E-state index in [1.54, 1.807) is 0 Å². The molecule has 206 valence electrons. The highest BCUT2D eigenvalue weighted by Crippen LogP contribution is 2.38. The van der Waals surface area contributed by atoms with Crippen LogP contribution in [0.1, 0.15) is 44.6 Å². The van der Waals surface area contributed by atoms with Crippen molar-refractivity contribution >= 4 is 22.7 Å². The summed E-state index contributed by atoms with van der Waals surface area (Å²) in [7, 11) is 0. The predicted molar refractivity (Wildman–Crippen MR) is 176 cm³/mol. The fourth-order valence-electron chi connectivity index (χ4n) is 6.42. The van der Waals surface area contributed by atoms with E-state index in [2.05, 4.69) is 152 Å². The number of aryl methyl sites for hydroxylation is 1. The van der Waals surface area contributed by atoms with E-state index in [9.17, 15) is 0 Å². The smallest absolute Gasteiger partial charge is 0.0458 e. The maximum atomic E-state index is 4.30. The van der Waals surface area contributed by atoms with Gasteiger partial charge in [-0.3, -0.25) is 0 Å². The number of hydrogen-bond acceptors (Lipinski definition) is 2. The summed E-state index contributed by atoms with van der Waals surface area (Å²) in [4.78, 5) is 4.93. The molecule has 4 aromatic rings. The van der Waals surface area contributed by atoms with Crippen LogP contribution < -0.4 is 9.80 Å². The molecule has 2 heteroatoms. The molecule has 6 rings (SSSR count). The van der Waals surface area contributed by atoms with Crippen molar-refractivity contribution in [2.24, 2.45) is 5.92 Å². The minimum absolute atomic E-state index is 0.476. The van der Waals surface area contributed by atoms with Crippen molar-refractivity contribution in [3.8, 4) is 11.1 Å². The van der Waals surface area contributed by atoms with E-state index >= 15 is 0 Å². The first kappa shape index (κ1) is 26.9. The molecule has 0 spiro atoms. The van der Waals surface area contributed by atoms with Gasteiger partial charge < -0.3 is 9.80 Å². The maximum absolute atomic E-state index is 4.30. The molecule has 2 aliphatic carbocycles. The van der Waals surface area contributed by atoms with Crippen molar-refractivity contribution < 1.29 is 0 Å². The van der Waals surface area contributed by atoms with Crippen molar-refractivity contribution in [1.29, 1.82) is 0 Å². The average Bonchev–Trinajstić information content (AvgIpc) is 2.99. The molecular weight excluding hydrogens is 496 g/mol. The number of para-hydroxylation sites is 1. The third kappa shape index (κ3) is 6.07. The van der Waals surface area contributed by atoms with Crippen LogP contribution in [0, 0.1) is 12.8 Å². The van der Waals surface area contributed by atoms with Crippen LogP contribution in [-0.2, 0) is 0 Å². The monoisotopic (exact) mass is 536 g/mol. The lowest BCUT2D eigenvalue weighted by atomic mass is 9.90. The Balaban J connectivity index is 1.29. The largest absolute Gasteiger partial charge is 0.338 e. The van der Waals surface area contributed by atoms with Crippen LogP contribution in [0.3, 0.4) is 0 Å². The van der Waals surface area contributed by atoms with Crippen LogP contribution >= 0.6 is 0 Å². The highest BCUT2D eigenvalue weighted by Gasteiger charge is 2.23. The van der Waals surface area contributed by atoms with Gasteiger partial charge in [-0.1, -0.05) is 85.8 Å². The van der Waals surface area contributed by atoms with Gasteiger partial charge in [0.2, 0.25) is 0 Å². The summed E-state index contributed by atoms with van der Waals surface area (Å²) in [6, 6.07) is 38.2. The summed E-state index contributed by atoms with van der Waals surface area (Å²) in [5.74, 6) is 0.593. The second-order valence-corrected chi connectivity index (χ2v) is 11.7. The van der Waals surface area contributed by atoms with Gasteiger partial charge in [0.25, 0.3) is 0 Å². The second kappa shape index (κ2) is 12.1. The molecule has 0 bridgehead atoms. The van der Waals surface area contributed by atoms with Crippen molar-refractivity contribution in [2.75, 3.05) is 9.80 Å². The number of hydrogen-bond donors (Lipinski definition) is 0. The number of rotatable bonds is 7. The molecular formula is C39H40N2. The lowest BCUT2D eigenvalue weighted by Gasteiger charge is -2.35. The van der Waals surface area contributed by atoms with Crippen LogP contribution in [0.25, 0.3) is 11.1 Å². The molecule has 0 saturated carbocycles. The summed E-state index contributed by atoms with van der Waals surface area (Å²) < 4.78 is 0. The van der Waals surface area contributed by atoms with Gasteiger partial charge in [0.05, 0.1) is 0 Å². The quantitative estimate of drug-likeness (QED) is 0.217. The standard InChI is InChI=1S/C39H40N2/c1-29-11-10-16-38(26-29)40(34-12-6-4-7-13-34)36-21-17-32(18-22-36)33-19-23-37(24-20-33)41(35-14-8-5-9-15-35)39-27-30(2)25-31(3)28-39/h4-6,8-11,14-24,26-27,31,34H,2,7,12-13,25,28H2,1,3H3. The van der Waals surface area contributed by atoms with Gasteiger partial charge >= 0.3 is 0 Å². The van der Waals surface area contributed by atoms with Gasteiger partial charge in [-0.2, -0.15) is 0 Å². The third-order valence-corrected chi connectivity index (χ3v) is 8.33. The van der Waals surface area contributed by atoms with Crippen molar-refractivity contribution in [2.45, 2.75) is 52.0 Å². The van der Waals surface area contributed by atoms with E-state index < -0.39 is 0 Å². The van der Waals surface area contributed by atoms with Gasteiger partial charge in [-0.25, -0.2) is 0 Å². The average molecular weight is 537 g/mol. The second-order valence-electron chi connectivity index (χ2n) is 11.7. The highest BCUT2D eigenvalue weighted by molar-refractivity contribution is 5.75. The Bertz CT molecular complexity index is 1540. The molecule has 0 saturated heterocycles. The Labute approximate surface area is 246 Å². The summed E-state index contributed by atoms with van der Waals surface area (Å²) >= 11 is 0. The molecule has 2 atom stereocenters. The maximum Gasteiger partial charge on any atom is 0.0458 e. The molecule has 4 aromatic carbocycles. The van der Waals surface area contributed by atoms with E-state index in [-0.39, 0.29) is 0 Å². The number of nitrogens with zero attached hydrogens (tertiary/aromatic N) is 2. The molecule has 2 aliphatic rings. The van der Waals surface area contributed by atoms with Gasteiger partial charge in [0.15, 0.2) is 0 Å². The third-order valence-electron chi connectivity index (χ3n) is 8.33. The lowest BCUT2D eigenvalue weighted by molar-refractivity contribution is 0.555. The SMILES string of the molecule is C=C1C=C(N(c2ccccc2)c2ccc(-c3ccc(N(c4cccc(C)c4)C4CC=CCC4)cc3)cc2)CC(C)C1. The van der Waals surface area contributed by atoms with Gasteiger partial charge in [0, 0.05) is 34.5 Å². The van der Waals surface area contributed by atoms with Crippen LogP contribution in [-0.4, -0.2) is 6.04 Å². The molecule has 0 amide bonds. The minimum atomic E-state index is 0.476. The molecule has 0 radical (unpaired) electrons. The highest BCUT2D eigenvalue weighted by atomic mass is 15.2. The van der Waals surface area contributed by atoms with Crippen LogP contribution in [0.5, 0.6) is 0 Å². The zero-order valence-corrected chi connectivity index (χ0v) is 24.3. The normalized spacial score (nSPS) is 18.6. The van der Waals surface area contributed by atoms with E-state index in [1.165, 1.54) is 57.1 Å².